The van der Waals surface area contributed by atoms with Gasteiger partial charge in [0.15, 0.2) is 16.6 Å². The minimum Gasteiger partial charge on any atom is -0.455 e. The van der Waals surface area contributed by atoms with E-state index < -0.39 is 16.6 Å². The largest absolute Gasteiger partial charge is 0.455 e. The Hall–Kier alpha value is 0.354. The maximum absolute atomic E-state index is 6.52. The minimum absolute atomic E-state index is 1.12. The monoisotopic (exact) mass is 261 g/mol. The van der Waals surface area contributed by atoms with Crippen molar-refractivity contribution in [1.29, 1.82) is 0 Å². The molecule has 0 aliphatic heterocycles. The molecule has 0 aromatic carbocycles. The Labute approximate surface area is 104 Å². The van der Waals surface area contributed by atoms with E-state index in [1.165, 1.54) is 31.4 Å². The molecular formula is C12H31NOSi2. The fraction of sp³-hybridized carbons (Fsp3) is 1.00. The predicted molar refractivity (Wildman–Crippen MR) is 79.1 cm³/mol. The van der Waals surface area contributed by atoms with Crippen LogP contribution in [0.5, 0.6) is 0 Å². The van der Waals surface area contributed by atoms with Crippen LogP contribution in [0.4, 0.5) is 0 Å². The van der Waals surface area contributed by atoms with Crippen LogP contribution in [0.1, 0.15) is 26.2 Å². The van der Waals surface area contributed by atoms with Crippen LogP contribution in [0.25, 0.3) is 0 Å². The van der Waals surface area contributed by atoms with Crippen LogP contribution in [-0.2, 0) is 4.12 Å². The van der Waals surface area contributed by atoms with Gasteiger partial charge in [0, 0.05) is 0 Å². The molecule has 0 aliphatic carbocycles. The molecule has 0 atom stereocenters. The van der Waals surface area contributed by atoms with Gasteiger partial charge in [0.2, 0.25) is 0 Å². The van der Waals surface area contributed by atoms with Crippen molar-refractivity contribution < 1.29 is 4.12 Å². The Balaban J connectivity index is 4.01. The second kappa shape index (κ2) is 7.64. The van der Waals surface area contributed by atoms with Gasteiger partial charge in [0.05, 0.1) is 0 Å². The molecule has 0 aromatic rings. The summed E-state index contributed by atoms with van der Waals surface area (Å²) in [6.45, 7) is 12.9. The molecule has 0 bridgehead atoms. The normalized spacial score (nSPS) is 13.1. The molecule has 98 valence electrons. The van der Waals surface area contributed by atoms with E-state index in [9.17, 15) is 0 Å². The first kappa shape index (κ1) is 16.4. The summed E-state index contributed by atoms with van der Waals surface area (Å²) in [5.74, 6) is 0. The predicted octanol–water partition coefficient (Wildman–Crippen LogP) is 3.82. The maximum atomic E-state index is 6.52. The van der Waals surface area contributed by atoms with E-state index in [4.69, 9.17) is 4.12 Å². The van der Waals surface area contributed by atoms with Crippen LogP contribution >= 0.6 is 0 Å². The van der Waals surface area contributed by atoms with E-state index in [-0.39, 0.29) is 0 Å². The summed E-state index contributed by atoms with van der Waals surface area (Å²) in [6.07, 6.45) is 3.88. The lowest BCUT2D eigenvalue weighted by molar-refractivity contribution is 0.528. The maximum Gasteiger partial charge on any atom is 0.173 e. The van der Waals surface area contributed by atoms with Crippen molar-refractivity contribution >= 4 is 16.6 Å². The molecular weight excluding hydrogens is 230 g/mol. The van der Waals surface area contributed by atoms with Gasteiger partial charge in [-0.05, 0) is 58.3 Å². The van der Waals surface area contributed by atoms with Gasteiger partial charge in [-0.3, -0.25) is 0 Å². The zero-order chi connectivity index (χ0) is 12.7. The SMILES string of the molecule is CCCC[Si](C)(C)O[Si](C)(C)CCCNC. The van der Waals surface area contributed by atoms with Gasteiger partial charge < -0.3 is 9.43 Å². The van der Waals surface area contributed by atoms with Crippen LogP contribution in [0, 0.1) is 0 Å². The third-order valence-electron chi connectivity index (χ3n) is 2.89. The smallest absolute Gasteiger partial charge is 0.173 e. The van der Waals surface area contributed by atoms with Crippen molar-refractivity contribution in [3.8, 4) is 0 Å². The summed E-state index contributed by atoms with van der Waals surface area (Å²) in [7, 11) is -0.760. The molecule has 0 aliphatic rings. The highest BCUT2D eigenvalue weighted by Crippen LogP contribution is 2.23. The van der Waals surface area contributed by atoms with Crippen molar-refractivity contribution in [2.24, 2.45) is 0 Å². The summed E-state index contributed by atoms with van der Waals surface area (Å²) in [5, 5.41) is 3.22. The standard InChI is InChI=1S/C12H31NOSi2/c1-7-8-11-15(3,4)14-16(5,6)12-9-10-13-2/h13H,7-12H2,1-6H3. The van der Waals surface area contributed by atoms with Crippen molar-refractivity contribution in [1.82, 2.24) is 5.32 Å². The number of rotatable bonds is 9. The van der Waals surface area contributed by atoms with Gasteiger partial charge in [-0.1, -0.05) is 19.8 Å². The third kappa shape index (κ3) is 8.50. The number of hydrogen-bond donors (Lipinski definition) is 1. The number of nitrogens with one attached hydrogen (secondary N) is 1. The Kier molecular flexibility index (Phi) is 7.80. The van der Waals surface area contributed by atoms with Gasteiger partial charge in [0.1, 0.15) is 0 Å². The van der Waals surface area contributed by atoms with E-state index in [0.717, 1.165) is 6.54 Å². The average molecular weight is 262 g/mol. The zero-order valence-electron chi connectivity index (χ0n) is 12.2. The van der Waals surface area contributed by atoms with Crippen molar-refractivity contribution in [3.05, 3.63) is 0 Å². The summed E-state index contributed by atoms with van der Waals surface area (Å²) in [4.78, 5) is 0. The summed E-state index contributed by atoms with van der Waals surface area (Å²) in [5.41, 5.74) is 0. The van der Waals surface area contributed by atoms with Gasteiger partial charge in [-0.25, -0.2) is 0 Å². The molecule has 0 unspecified atom stereocenters. The molecule has 4 heteroatoms. The van der Waals surface area contributed by atoms with Crippen LogP contribution in [0.2, 0.25) is 38.3 Å². The molecule has 0 heterocycles. The Morgan fingerprint density at radius 3 is 1.88 bits per heavy atom. The van der Waals surface area contributed by atoms with Crippen molar-refractivity contribution in [2.45, 2.75) is 64.5 Å². The second-order valence-corrected chi connectivity index (χ2v) is 14.8. The van der Waals surface area contributed by atoms with Crippen LogP contribution in [-0.4, -0.2) is 30.2 Å². The molecule has 0 amide bonds. The first-order valence-corrected chi connectivity index (χ1v) is 12.9. The molecule has 0 spiro atoms. The minimum atomic E-state index is -1.40. The molecule has 0 saturated heterocycles. The fourth-order valence-corrected chi connectivity index (χ4v) is 11.2. The van der Waals surface area contributed by atoms with E-state index in [1.54, 1.807) is 0 Å². The molecule has 0 saturated carbocycles. The number of hydrogen-bond acceptors (Lipinski definition) is 2. The summed E-state index contributed by atoms with van der Waals surface area (Å²) in [6, 6.07) is 2.61. The molecule has 0 fully saturated rings. The number of unbranched alkanes of at least 4 members (excludes halogenated alkanes) is 1. The summed E-state index contributed by atoms with van der Waals surface area (Å²) >= 11 is 0. The van der Waals surface area contributed by atoms with E-state index in [0.29, 0.717) is 0 Å². The van der Waals surface area contributed by atoms with E-state index >= 15 is 0 Å². The molecule has 0 radical (unpaired) electrons. The highest BCUT2D eigenvalue weighted by Gasteiger charge is 2.31. The lowest BCUT2D eigenvalue weighted by Crippen LogP contribution is -2.44. The Morgan fingerprint density at radius 1 is 0.938 bits per heavy atom. The van der Waals surface area contributed by atoms with E-state index in [2.05, 4.69) is 38.4 Å². The quantitative estimate of drug-likeness (QED) is 0.503. The molecule has 1 N–H and O–H groups in total. The van der Waals surface area contributed by atoms with Gasteiger partial charge >= 0.3 is 0 Å². The van der Waals surface area contributed by atoms with Crippen LogP contribution < -0.4 is 5.32 Å². The van der Waals surface area contributed by atoms with E-state index in [1.807, 2.05) is 7.05 Å². The van der Waals surface area contributed by atoms with Gasteiger partial charge in [-0.15, -0.1) is 0 Å². The van der Waals surface area contributed by atoms with Crippen molar-refractivity contribution in [3.63, 3.8) is 0 Å². The molecule has 16 heavy (non-hydrogen) atoms. The zero-order valence-corrected chi connectivity index (χ0v) is 14.2. The van der Waals surface area contributed by atoms with Crippen molar-refractivity contribution in [2.75, 3.05) is 13.6 Å². The van der Waals surface area contributed by atoms with Crippen LogP contribution in [0.3, 0.4) is 0 Å². The third-order valence-corrected chi connectivity index (χ3v) is 10.4. The highest BCUT2D eigenvalue weighted by atomic mass is 28.4. The van der Waals surface area contributed by atoms with Gasteiger partial charge in [0.25, 0.3) is 0 Å². The van der Waals surface area contributed by atoms with Crippen LogP contribution in [0.15, 0.2) is 0 Å². The molecule has 0 aromatic heterocycles. The Morgan fingerprint density at radius 2 is 1.44 bits per heavy atom. The first-order chi connectivity index (χ1) is 7.33. The Bertz CT molecular complexity index is 184. The summed E-state index contributed by atoms with van der Waals surface area (Å²) < 4.78 is 6.52. The lowest BCUT2D eigenvalue weighted by Gasteiger charge is -2.34. The fourth-order valence-electron chi connectivity index (χ4n) is 2.14. The lowest BCUT2D eigenvalue weighted by atomic mass is 10.4. The topological polar surface area (TPSA) is 21.3 Å². The first-order valence-electron chi connectivity index (χ1n) is 6.68. The van der Waals surface area contributed by atoms with Gasteiger partial charge in [-0.2, -0.15) is 0 Å². The average Bonchev–Trinajstić information content (AvgIpc) is 2.13. The second-order valence-electron chi connectivity index (χ2n) is 5.93. The highest BCUT2D eigenvalue weighted by molar-refractivity contribution is 6.84. The molecule has 0 rings (SSSR count). The molecule has 2 nitrogen and oxygen atoms in total.